The monoisotopic (exact) mass is 248 g/mol. The molecule has 18 heavy (non-hydrogen) atoms. The third-order valence-corrected chi connectivity index (χ3v) is 3.46. The van der Waals surface area contributed by atoms with Crippen LogP contribution < -0.4 is 16.8 Å². The number of rotatable bonds is 3. The Bertz CT molecular complexity index is 421. The summed E-state index contributed by atoms with van der Waals surface area (Å²) in [7, 11) is 0. The van der Waals surface area contributed by atoms with E-state index >= 15 is 0 Å². The Balaban J connectivity index is 2.14. The van der Waals surface area contributed by atoms with Gasteiger partial charge in [0.25, 0.3) is 5.91 Å². The SMILES string of the molecule is NC(=O)c1cccnc1NC1CCCCCC1N. The van der Waals surface area contributed by atoms with Gasteiger partial charge < -0.3 is 16.8 Å². The van der Waals surface area contributed by atoms with Crippen molar-refractivity contribution in [3.8, 4) is 0 Å². The number of carbonyl (C=O) groups excluding carboxylic acids is 1. The number of pyridine rings is 1. The lowest BCUT2D eigenvalue weighted by Crippen LogP contribution is -2.40. The van der Waals surface area contributed by atoms with Crippen molar-refractivity contribution in [2.24, 2.45) is 11.5 Å². The summed E-state index contributed by atoms with van der Waals surface area (Å²) in [5, 5.41) is 3.28. The van der Waals surface area contributed by atoms with Gasteiger partial charge in [-0.25, -0.2) is 4.98 Å². The molecule has 2 atom stereocenters. The van der Waals surface area contributed by atoms with Crippen LogP contribution in [-0.4, -0.2) is 23.0 Å². The van der Waals surface area contributed by atoms with Crippen molar-refractivity contribution in [1.29, 1.82) is 0 Å². The fourth-order valence-electron chi connectivity index (χ4n) is 2.41. The Labute approximate surface area is 107 Å². The molecule has 2 unspecified atom stereocenters. The maximum absolute atomic E-state index is 11.3. The van der Waals surface area contributed by atoms with Gasteiger partial charge in [-0.1, -0.05) is 19.3 Å². The van der Waals surface area contributed by atoms with Crippen LogP contribution in [0.15, 0.2) is 18.3 Å². The van der Waals surface area contributed by atoms with Gasteiger partial charge in [-0.2, -0.15) is 0 Å². The lowest BCUT2D eigenvalue weighted by molar-refractivity contribution is 0.100. The molecule has 1 aromatic rings. The molecule has 1 amide bonds. The summed E-state index contributed by atoms with van der Waals surface area (Å²) in [6.45, 7) is 0. The van der Waals surface area contributed by atoms with Crippen LogP contribution in [0.3, 0.4) is 0 Å². The van der Waals surface area contributed by atoms with E-state index in [1.54, 1.807) is 18.3 Å². The topological polar surface area (TPSA) is 94.0 Å². The molecule has 1 fully saturated rings. The first kappa shape index (κ1) is 12.8. The molecule has 1 heterocycles. The van der Waals surface area contributed by atoms with Crippen LogP contribution in [0, 0.1) is 0 Å². The lowest BCUT2D eigenvalue weighted by Gasteiger charge is -2.24. The second kappa shape index (κ2) is 5.82. The van der Waals surface area contributed by atoms with Gasteiger partial charge in [0.1, 0.15) is 5.82 Å². The predicted molar refractivity (Wildman–Crippen MR) is 71.2 cm³/mol. The quantitative estimate of drug-likeness (QED) is 0.702. The molecule has 5 nitrogen and oxygen atoms in total. The van der Waals surface area contributed by atoms with Crippen LogP contribution in [0.5, 0.6) is 0 Å². The van der Waals surface area contributed by atoms with Gasteiger partial charge >= 0.3 is 0 Å². The zero-order valence-corrected chi connectivity index (χ0v) is 10.4. The number of anilines is 1. The molecule has 1 saturated carbocycles. The van der Waals surface area contributed by atoms with Gasteiger partial charge in [-0.15, -0.1) is 0 Å². The van der Waals surface area contributed by atoms with Crippen molar-refractivity contribution in [1.82, 2.24) is 4.98 Å². The fraction of sp³-hybridized carbons (Fsp3) is 0.538. The number of hydrogen-bond acceptors (Lipinski definition) is 4. The first-order valence-electron chi connectivity index (χ1n) is 6.45. The largest absolute Gasteiger partial charge is 0.365 e. The van der Waals surface area contributed by atoms with Crippen molar-refractivity contribution < 1.29 is 4.79 Å². The molecule has 1 aliphatic carbocycles. The Morgan fingerprint density at radius 2 is 2.11 bits per heavy atom. The second-order valence-electron chi connectivity index (χ2n) is 4.82. The van der Waals surface area contributed by atoms with E-state index in [1.807, 2.05) is 0 Å². The van der Waals surface area contributed by atoms with Crippen molar-refractivity contribution in [3.05, 3.63) is 23.9 Å². The maximum Gasteiger partial charge on any atom is 0.252 e. The van der Waals surface area contributed by atoms with Crippen LogP contribution in [-0.2, 0) is 0 Å². The summed E-state index contributed by atoms with van der Waals surface area (Å²) >= 11 is 0. The molecule has 2 rings (SSSR count). The molecule has 0 aromatic carbocycles. The van der Waals surface area contributed by atoms with Gasteiger partial charge in [-0.05, 0) is 25.0 Å². The molecule has 5 N–H and O–H groups in total. The summed E-state index contributed by atoms with van der Waals surface area (Å²) in [6.07, 6.45) is 7.22. The highest BCUT2D eigenvalue weighted by atomic mass is 16.1. The van der Waals surface area contributed by atoms with Crippen LogP contribution in [0.4, 0.5) is 5.82 Å². The van der Waals surface area contributed by atoms with Crippen LogP contribution >= 0.6 is 0 Å². The first-order valence-corrected chi connectivity index (χ1v) is 6.45. The van der Waals surface area contributed by atoms with E-state index in [0.717, 1.165) is 19.3 Å². The number of nitrogens with two attached hydrogens (primary N) is 2. The summed E-state index contributed by atoms with van der Waals surface area (Å²) in [4.78, 5) is 15.5. The number of hydrogen-bond donors (Lipinski definition) is 3. The average Bonchev–Trinajstić information content (AvgIpc) is 2.55. The summed E-state index contributed by atoms with van der Waals surface area (Å²) < 4.78 is 0. The molecule has 0 radical (unpaired) electrons. The molecule has 0 bridgehead atoms. The minimum atomic E-state index is -0.465. The molecule has 5 heteroatoms. The fourth-order valence-corrected chi connectivity index (χ4v) is 2.41. The van der Waals surface area contributed by atoms with E-state index in [0.29, 0.717) is 11.4 Å². The van der Waals surface area contributed by atoms with E-state index in [9.17, 15) is 4.79 Å². The van der Waals surface area contributed by atoms with Crippen molar-refractivity contribution >= 4 is 11.7 Å². The van der Waals surface area contributed by atoms with Gasteiger partial charge in [0.15, 0.2) is 0 Å². The van der Waals surface area contributed by atoms with Gasteiger partial charge in [0.2, 0.25) is 0 Å². The van der Waals surface area contributed by atoms with Crippen LogP contribution in [0.25, 0.3) is 0 Å². The Kier molecular flexibility index (Phi) is 4.15. The molecular formula is C13H20N4O. The summed E-state index contributed by atoms with van der Waals surface area (Å²) in [5.74, 6) is 0.0835. The summed E-state index contributed by atoms with van der Waals surface area (Å²) in [5.41, 5.74) is 11.9. The Hall–Kier alpha value is -1.62. The van der Waals surface area contributed by atoms with E-state index in [4.69, 9.17) is 11.5 Å². The molecule has 0 saturated heterocycles. The minimum Gasteiger partial charge on any atom is -0.365 e. The van der Waals surface area contributed by atoms with Gasteiger partial charge in [-0.3, -0.25) is 4.79 Å². The first-order chi connectivity index (χ1) is 8.68. The van der Waals surface area contributed by atoms with Gasteiger partial charge in [0.05, 0.1) is 5.56 Å². The van der Waals surface area contributed by atoms with E-state index in [2.05, 4.69) is 10.3 Å². The molecular weight excluding hydrogens is 228 g/mol. The summed E-state index contributed by atoms with van der Waals surface area (Å²) in [6, 6.07) is 3.66. The lowest BCUT2D eigenvalue weighted by atomic mass is 10.0. The number of nitrogens with one attached hydrogen (secondary N) is 1. The maximum atomic E-state index is 11.3. The Morgan fingerprint density at radius 1 is 1.33 bits per heavy atom. The van der Waals surface area contributed by atoms with Crippen molar-refractivity contribution in [3.63, 3.8) is 0 Å². The van der Waals surface area contributed by atoms with Crippen LogP contribution in [0.1, 0.15) is 42.5 Å². The van der Waals surface area contributed by atoms with E-state index in [1.165, 1.54) is 12.8 Å². The van der Waals surface area contributed by atoms with E-state index in [-0.39, 0.29) is 12.1 Å². The zero-order valence-electron chi connectivity index (χ0n) is 10.4. The van der Waals surface area contributed by atoms with Crippen LogP contribution in [0.2, 0.25) is 0 Å². The van der Waals surface area contributed by atoms with Crippen molar-refractivity contribution in [2.75, 3.05) is 5.32 Å². The molecule has 0 aliphatic heterocycles. The number of amides is 1. The standard InChI is InChI=1S/C13H20N4O/c14-10-6-2-1-3-7-11(10)17-13-9(12(15)18)5-4-8-16-13/h4-5,8,10-11H,1-3,6-7,14H2,(H2,15,18)(H,16,17). The number of carbonyl (C=O) groups is 1. The third kappa shape index (κ3) is 2.98. The van der Waals surface area contributed by atoms with Crippen molar-refractivity contribution in [2.45, 2.75) is 44.2 Å². The number of primary amides is 1. The molecule has 1 aromatic heterocycles. The molecule has 0 spiro atoms. The third-order valence-electron chi connectivity index (χ3n) is 3.46. The second-order valence-corrected chi connectivity index (χ2v) is 4.82. The Morgan fingerprint density at radius 3 is 2.89 bits per heavy atom. The number of aromatic nitrogens is 1. The normalized spacial score (nSPS) is 24.3. The highest BCUT2D eigenvalue weighted by molar-refractivity contribution is 5.97. The number of nitrogens with zero attached hydrogens (tertiary/aromatic N) is 1. The van der Waals surface area contributed by atoms with Gasteiger partial charge in [0, 0.05) is 18.3 Å². The average molecular weight is 248 g/mol. The highest BCUT2D eigenvalue weighted by Gasteiger charge is 2.22. The highest BCUT2D eigenvalue weighted by Crippen LogP contribution is 2.21. The zero-order chi connectivity index (χ0) is 13.0. The molecule has 1 aliphatic rings. The smallest absolute Gasteiger partial charge is 0.252 e. The minimum absolute atomic E-state index is 0.107. The predicted octanol–water partition coefficient (Wildman–Crippen LogP) is 1.25. The van der Waals surface area contributed by atoms with E-state index < -0.39 is 5.91 Å². The molecule has 98 valence electrons.